The summed E-state index contributed by atoms with van der Waals surface area (Å²) in [6.07, 6.45) is 21.5. The van der Waals surface area contributed by atoms with Gasteiger partial charge in [-0.1, -0.05) is 38.1 Å². The van der Waals surface area contributed by atoms with Gasteiger partial charge in [0.15, 0.2) is 0 Å². The first-order valence-corrected chi connectivity index (χ1v) is 15.0. The second kappa shape index (κ2) is 20.7. The van der Waals surface area contributed by atoms with Gasteiger partial charge in [-0.15, -0.1) is 10.2 Å². The van der Waals surface area contributed by atoms with Crippen molar-refractivity contribution >= 4 is 11.9 Å². The van der Waals surface area contributed by atoms with Crippen LogP contribution in [0, 0.1) is 75.0 Å². The zero-order valence-corrected chi connectivity index (χ0v) is 28.1. The maximum atomic E-state index is 11.8. The fourth-order valence-electron chi connectivity index (χ4n) is 4.61. The number of ether oxygens (including phenoxy) is 2. The van der Waals surface area contributed by atoms with Crippen LogP contribution in [-0.4, -0.2) is 68.2 Å². The van der Waals surface area contributed by atoms with Crippen molar-refractivity contribution in [2.75, 3.05) is 14.2 Å². The summed E-state index contributed by atoms with van der Waals surface area (Å²) in [5, 5.41) is 22.9. The van der Waals surface area contributed by atoms with E-state index in [1.165, 1.54) is 26.1 Å². The SMILES string of the molecule is COC(=O)[C@H](CC(C)C)NCc1cn(C[C]2[CH][CH][CH][CH]2)nn1.COC(=O)[C@H](CC(C)C)NCc1cn(C[C]2[CH][CH][CH][CH]2)nn1.[Fe+2]. The molecule has 244 valence electrons. The van der Waals surface area contributed by atoms with Crippen molar-refractivity contribution in [3.8, 4) is 0 Å². The van der Waals surface area contributed by atoms with Crippen molar-refractivity contribution in [2.24, 2.45) is 11.8 Å². The van der Waals surface area contributed by atoms with E-state index in [1.807, 2.05) is 38.1 Å². The minimum Gasteiger partial charge on any atom is -0.468 e. The van der Waals surface area contributed by atoms with Crippen molar-refractivity contribution in [3.63, 3.8) is 0 Å². The Hall–Kier alpha value is -2.34. The van der Waals surface area contributed by atoms with Gasteiger partial charge in [-0.2, -0.15) is 0 Å². The second-order valence-electron chi connectivity index (χ2n) is 11.6. The third kappa shape index (κ3) is 14.3. The van der Waals surface area contributed by atoms with Crippen LogP contribution in [0.2, 0.25) is 0 Å². The average molecular weight is 663 g/mol. The molecule has 4 rings (SSSR count). The molecule has 0 amide bonds. The second-order valence-corrected chi connectivity index (χ2v) is 11.6. The summed E-state index contributed by atoms with van der Waals surface area (Å²) in [6.45, 7) is 10.7. The molecule has 45 heavy (non-hydrogen) atoms. The maximum Gasteiger partial charge on any atom is 2.00 e. The molecular formula is C32H46FeN8O4+2. The first kappa shape index (κ1) is 38.8. The van der Waals surface area contributed by atoms with Gasteiger partial charge in [-0.05, 0) is 76.0 Å². The number of hydrogen-bond acceptors (Lipinski definition) is 10. The van der Waals surface area contributed by atoms with Crippen LogP contribution in [0.25, 0.3) is 0 Å². The Bertz CT molecular complexity index is 1030. The van der Waals surface area contributed by atoms with E-state index in [0.29, 0.717) is 38.0 Å². The molecule has 0 spiro atoms. The average Bonchev–Trinajstić information content (AvgIpc) is 3.83. The van der Waals surface area contributed by atoms with E-state index in [2.05, 4.69) is 84.6 Å². The topological polar surface area (TPSA) is 138 Å². The Kier molecular flexibility index (Phi) is 17.9. The maximum absolute atomic E-state index is 11.8. The fraction of sp³-hybridized carbons (Fsp3) is 0.500. The summed E-state index contributed by atoms with van der Waals surface area (Å²) in [5.74, 6) is 2.72. The first-order chi connectivity index (χ1) is 21.2. The largest absolute Gasteiger partial charge is 2.00 e. The van der Waals surface area contributed by atoms with Gasteiger partial charge in [-0.25, -0.2) is 0 Å². The monoisotopic (exact) mass is 662 g/mol. The van der Waals surface area contributed by atoms with Crippen molar-refractivity contribution in [1.29, 1.82) is 0 Å². The number of hydrogen-bond donors (Lipinski definition) is 2. The number of carbonyl (C=O) groups is 2. The summed E-state index contributed by atoms with van der Waals surface area (Å²) >= 11 is 0. The molecule has 2 aliphatic rings. The number of nitrogens with zero attached hydrogens (tertiary/aromatic N) is 6. The van der Waals surface area contributed by atoms with E-state index in [-0.39, 0.29) is 41.1 Å². The zero-order chi connectivity index (χ0) is 31.9. The summed E-state index contributed by atoms with van der Waals surface area (Å²) in [4.78, 5) is 23.5. The van der Waals surface area contributed by atoms with Gasteiger partial charge in [0, 0.05) is 50.4 Å². The smallest absolute Gasteiger partial charge is 0.468 e. The molecule has 2 aliphatic carbocycles. The van der Waals surface area contributed by atoms with Crippen LogP contribution in [0.4, 0.5) is 0 Å². The van der Waals surface area contributed by atoms with Crippen LogP contribution in [0.1, 0.15) is 51.9 Å². The van der Waals surface area contributed by atoms with Gasteiger partial charge < -0.3 is 9.47 Å². The van der Waals surface area contributed by atoms with Crippen LogP contribution in [0.5, 0.6) is 0 Å². The van der Waals surface area contributed by atoms with Crippen LogP contribution in [-0.2, 0) is 62.3 Å². The summed E-state index contributed by atoms with van der Waals surface area (Å²) < 4.78 is 13.3. The van der Waals surface area contributed by atoms with Crippen LogP contribution < -0.4 is 10.6 Å². The molecular weight excluding hydrogens is 616 g/mol. The molecule has 0 bridgehead atoms. The van der Waals surface area contributed by atoms with E-state index in [1.54, 1.807) is 9.36 Å². The van der Waals surface area contributed by atoms with E-state index >= 15 is 0 Å². The van der Waals surface area contributed by atoms with Crippen molar-refractivity contribution in [3.05, 3.63) is 87.0 Å². The molecule has 2 fully saturated rings. The quantitative estimate of drug-likeness (QED) is 0.204. The van der Waals surface area contributed by atoms with Crippen molar-refractivity contribution < 1.29 is 36.1 Å². The standard InChI is InChI=1S/2C16H23N4O2.Fe/c2*1-12(2)8-15(16(21)22-3)17-9-14-11-20(19-18-14)10-13-6-4-5-7-13;/h2*4-7,11-12,15,17H,8-10H2,1-3H3;/q;;+2/t2*15-;/m00./s1. The number of methoxy groups -OCH3 is 2. The van der Waals surface area contributed by atoms with Crippen LogP contribution >= 0.6 is 0 Å². The molecule has 2 aromatic heterocycles. The molecule has 2 heterocycles. The Morgan fingerprint density at radius 1 is 0.689 bits per heavy atom. The molecule has 2 atom stereocenters. The summed E-state index contributed by atoms with van der Waals surface area (Å²) in [5.41, 5.74) is 1.62. The summed E-state index contributed by atoms with van der Waals surface area (Å²) in [6, 6.07) is -0.629. The first-order valence-electron chi connectivity index (χ1n) is 15.0. The van der Waals surface area contributed by atoms with E-state index in [4.69, 9.17) is 9.47 Å². The Balaban J connectivity index is 0.000000307. The van der Waals surface area contributed by atoms with Crippen LogP contribution in [0.15, 0.2) is 12.4 Å². The molecule has 0 unspecified atom stereocenters. The molecule has 12 nitrogen and oxygen atoms in total. The molecule has 2 saturated carbocycles. The fourth-order valence-corrected chi connectivity index (χ4v) is 4.61. The van der Waals surface area contributed by atoms with Crippen molar-refractivity contribution in [1.82, 2.24) is 40.6 Å². The van der Waals surface area contributed by atoms with E-state index in [9.17, 15) is 9.59 Å². The molecule has 0 aromatic carbocycles. The molecule has 10 radical (unpaired) electrons. The van der Waals surface area contributed by atoms with Gasteiger partial charge in [-0.3, -0.25) is 29.6 Å². The molecule has 0 saturated heterocycles. The molecule has 13 heteroatoms. The minimum absolute atomic E-state index is 0. The molecule has 2 N–H and O–H groups in total. The number of carbonyl (C=O) groups excluding carboxylic acids is 2. The predicted octanol–water partition coefficient (Wildman–Crippen LogP) is 2.72. The van der Waals surface area contributed by atoms with Crippen LogP contribution in [0.3, 0.4) is 0 Å². The van der Waals surface area contributed by atoms with Gasteiger partial charge in [0.2, 0.25) is 0 Å². The third-order valence-corrected chi connectivity index (χ3v) is 6.77. The zero-order valence-electron chi connectivity index (χ0n) is 27.0. The molecule has 2 aromatic rings. The van der Waals surface area contributed by atoms with Gasteiger partial charge >= 0.3 is 29.0 Å². The summed E-state index contributed by atoms with van der Waals surface area (Å²) in [7, 11) is 2.82. The predicted molar refractivity (Wildman–Crippen MR) is 165 cm³/mol. The van der Waals surface area contributed by atoms with E-state index in [0.717, 1.165) is 24.2 Å². The third-order valence-electron chi connectivity index (χ3n) is 6.77. The normalized spacial score (nSPS) is 16.7. The number of aromatic nitrogens is 6. The molecule has 0 aliphatic heterocycles. The van der Waals surface area contributed by atoms with Gasteiger partial charge in [0.05, 0.1) is 25.6 Å². The van der Waals surface area contributed by atoms with Crippen molar-refractivity contribution in [2.45, 2.75) is 78.8 Å². The number of esters is 2. The Morgan fingerprint density at radius 3 is 1.36 bits per heavy atom. The Labute approximate surface area is 280 Å². The van der Waals surface area contributed by atoms with E-state index < -0.39 is 0 Å². The number of rotatable bonds is 16. The van der Waals surface area contributed by atoms with Gasteiger partial charge in [0.25, 0.3) is 0 Å². The number of nitrogens with one attached hydrogen (secondary N) is 2. The minimum atomic E-state index is -0.315. The van der Waals surface area contributed by atoms with Gasteiger partial charge in [0.1, 0.15) is 12.1 Å². The Morgan fingerprint density at radius 2 is 1.04 bits per heavy atom.